The minimum atomic E-state index is 0.728. The average molecular weight is 298 g/mol. The quantitative estimate of drug-likeness (QED) is 0.812. The molecule has 2 rings (SSSR count). The van der Waals surface area contributed by atoms with Gasteiger partial charge in [-0.05, 0) is 49.9 Å². The van der Waals surface area contributed by atoms with E-state index in [4.69, 9.17) is 4.74 Å². The van der Waals surface area contributed by atoms with Crippen LogP contribution in [-0.4, -0.2) is 19.2 Å². The molecule has 0 aromatic heterocycles. The molecule has 1 N–H and O–H groups in total. The van der Waals surface area contributed by atoms with Crippen molar-refractivity contribution in [3.05, 3.63) is 34.3 Å². The largest absolute Gasteiger partial charge is 0.377 e. The number of halogens is 1. The van der Waals surface area contributed by atoms with Gasteiger partial charge in [0.15, 0.2) is 0 Å². The molecule has 1 aromatic rings. The maximum atomic E-state index is 5.68. The SMILES string of the molecule is Brc1ccc(COCCCC2CCCN2)cc1. The second-order valence-electron chi connectivity index (χ2n) is 4.61. The van der Waals surface area contributed by atoms with Gasteiger partial charge in [0, 0.05) is 17.1 Å². The van der Waals surface area contributed by atoms with Crippen LogP contribution in [-0.2, 0) is 11.3 Å². The molecule has 0 saturated carbocycles. The third-order valence-corrected chi connectivity index (χ3v) is 3.71. The smallest absolute Gasteiger partial charge is 0.0716 e. The molecule has 0 bridgehead atoms. The number of hydrogen-bond donors (Lipinski definition) is 1. The van der Waals surface area contributed by atoms with Crippen LogP contribution in [0.3, 0.4) is 0 Å². The summed E-state index contributed by atoms with van der Waals surface area (Å²) < 4.78 is 6.80. The Bertz CT molecular complexity index is 319. The second kappa shape index (κ2) is 7.14. The standard InChI is InChI=1S/C14H20BrNO/c15-13-7-5-12(6-8-13)11-17-10-2-4-14-3-1-9-16-14/h5-8,14,16H,1-4,9-11H2. The molecule has 2 nitrogen and oxygen atoms in total. The molecule has 3 heteroatoms. The monoisotopic (exact) mass is 297 g/mol. The van der Waals surface area contributed by atoms with Crippen LogP contribution in [0.2, 0.25) is 0 Å². The molecular formula is C14H20BrNO. The molecule has 1 aliphatic heterocycles. The van der Waals surface area contributed by atoms with Gasteiger partial charge in [0.05, 0.1) is 6.61 Å². The molecule has 0 radical (unpaired) electrons. The number of rotatable bonds is 6. The summed E-state index contributed by atoms with van der Waals surface area (Å²) in [7, 11) is 0. The van der Waals surface area contributed by atoms with E-state index >= 15 is 0 Å². The highest BCUT2D eigenvalue weighted by Gasteiger charge is 2.12. The summed E-state index contributed by atoms with van der Waals surface area (Å²) in [5.41, 5.74) is 1.24. The van der Waals surface area contributed by atoms with Gasteiger partial charge in [-0.2, -0.15) is 0 Å². The molecule has 1 heterocycles. The van der Waals surface area contributed by atoms with Crippen molar-refractivity contribution in [2.24, 2.45) is 0 Å². The van der Waals surface area contributed by atoms with Crippen molar-refractivity contribution in [3.8, 4) is 0 Å². The van der Waals surface area contributed by atoms with Crippen molar-refractivity contribution in [2.45, 2.75) is 38.3 Å². The molecule has 0 aliphatic carbocycles. The Kier molecular flexibility index (Phi) is 5.49. The number of nitrogens with one attached hydrogen (secondary N) is 1. The van der Waals surface area contributed by atoms with Crippen LogP contribution in [0.4, 0.5) is 0 Å². The first-order valence-corrected chi connectivity index (χ1v) is 7.19. The van der Waals surface area contributed by atoms with Crippen molar-refractivity contribution in [1.29, 1.82) is 0 Å². The van der Waals surface area contributed by atoms with Crippen molar-refractivity contribution < 1.29 is 4.74 Å². The van der Waals surface area contributed by atoms with Gasteiger partial charge < -0.3 is 10.1 Å². The van der Waals surface area contributed by atoms with Crippen LogP contribution < -0.4 is 5.32 Å². The molecule has 1 fully saturated rings. The van der Waals surface area contributed by atoms with E-state index in [1.165, 1.54) is 31.4 Å². The zero-order valence-corrected chi connectivity index (χ0v) is 11.7. The Hall–Kier alpha value is -0.380. The summed E-state index contributed by atoms with van der Waals surface area (Å²) >= 11 is 3.43. The molecule has 17 heavy (non-hydrogen) atoms. The molecule has 1 aliphatic rings. The van der Waals surface area contributed by atoms with Crippen LogP contribution in [0, 0.1) is 0 Å². The van der Waals surface area contributed by atoms with E-state index in [-0.39, 0.29) is 0 Å². The Morgan fingerprint density at radius 3 is 2.82 bits per heavy atom. The Morgan fingerprint density at radius 2 is 2.12 bits per heavy atom. The van der Waals surface area contributed by atoms with E-state index < -0.39 is 0 Å². The maximum absolute atomic E-state index is 5.68. The highest BCUT2D eigenvalue weighted by Crippen LogP contribution is 2.12. The van der Waals surface area contributed by atoms with Gasteiger partial charge in [0.2, 0.25) is 0 Å². The van der Waals surface area contributed by atoms with Crippen molar-refractivity contribution in [3.63, 3.8) is 0 Å². The molecule has 94 valence electrons. The predicted octanol–water partition coefficient (Wildman–Crippen LogP) is 3.50. The number of hydrogen-bond acceptors (Lipinski definition) is 2. The summed E-state index contributed by atoms with van der Waals surface area (Å²) in [6.07, 6.45) is 5.09. The van der Waals surface area contributed by atoms with Crippen LogP contribution in [0.1, 0.15) is 31.2 Å². The number of ether oxygens (including phenoxy) is 1. The first-order valence-electron chi connectivity index (χ1n) is 6.40. The molecule has 0 spiro atoms. The summed E-state index contributed by atoms with van der Waals surface area (Å²) in [5.74, 6) is 0. The zero-order chi connectivity index (χ0) is 11.9. The maximum Gasteiger partial charge on any atom is 0.0716 e. The molecule has 1 aromatic carbocycles. The third kappa shape index (κ3) is 4.78. The molecule has 1 unspecified atom stereocenters. The zero-order valence-electron chi connectivity index (χ0n) is 10.1. The van der Waals surface area contributed by atoms with E-state index in [0.717, 1.165) is 30.1 Å². The Morgan fingerprint density at radius 1 is 1.29 bits per heavy atom. The van der Waals surface area contributed by atoms with Crippen LogP contribution in [0.25, 0.3) is 0 Å². The van der Waals surface area contributed by atoms with E-state index in [1.54, 1.807) is 0 Å². The first-order chi connectivity index (χ1) is 8.34. The average Bonchev–Trinajstić information content (AvgIpc) is 2.84. The summed E-state index contributed by atoms with van der Waals surface area (Å²) in [6.45, 7) is 2.80. The lowest BCUT2D eigenvalue weighted by atomic mass is 10.1. The van der Waals surface area contributed by atoms with Gasteiger partial charge in [0.1, 0.15) is 0 Å². The van der Waals surface area contributed by atoms with E-state index in [1.807, 2.05) is 0 Å². The van der Waals surface area contributed by atoms with Crippen LogP contribution >= 0.6 is 15.9 Å². The predicted molar refractivity (Wildman–Crippen MR) is 74.1 cm³/mol. The first kappa shape index (κ1) is 13.1. The summed E-state index contributed by atoms with van der Waals surface area (Å²) in [6, 6.07) is 9.05. The number of benzene rings is 1. The fourth-order valence-electron chi connectivity index (χ4n) is 2.21. The van der Waals surface area contributed by atoms with Crippen molar-refractivity contribution in [2.75, 3.05) is 13.2 Å². The van der Waals surface area contributed by atoms with E-state index in [0.29, 0.717) is 0 Å². The lowest BCUT2D eigenvalue weighted by Crippen LogP contribution is -2.21. The van der Waals surface area contributed by atoms with E-state index in [2.05, 4.69) is 45.5 Å². The normalized spacial score (nSPS) is 19.7. The minimum Gasteiger partial charge on any atom is -0.377 e. The van der Waals surface area contributed by atoms with E-state index in [9.17, 15) is 0 Å². The van der Waals surface area contributed by atoms with Gasteiger partial charge in [-0.15, -0.1) is 0 Å². The van der Waals surface area contributed by atoms with Gasteiger partial charge in [0.25, 0.3) is 0 Å². The lowest BCUT2D eigenvalue weighted by Gasteiger charge is -2.09. The van der Waals surface area contributed by atoms with Gasteiger partial charge in [-0.3, -0.25) is 0 Å². The minimum absolute atomic E-state index is 0.728. The van der Waals surface area contributed by atoms with Crippen LogP contribution in [0.5, 0.6) is 0 Å². The molecule has 0 amide bonds. The Labute approximate surface area is 112 Å². The summed E-state index contributed by atoms with van der Waals surface area (Å²) in [4.78, 5) is 0. The third-order valence-electron chi connectivity index (χ3n) is 3.19. The highest BCUT2D eigenvalue weighted by molar-refractivity contribution is 9.10. The lowest BCUT2D eigenvalue weighted by molar-refractivity contribution is 0.115. The fraction of sp³-hybridized carbons (Fsp3) is 0.571. The molecular weight excluding hydrogens is 278 g/mol. The van der Waals surface area contributed by atoms with Gasteiger partial charge in [-0.1, -0.05) is 28.1 Å². The fourth-order valence-corrected chi connectivity index (χ4v) is 2.47. The van der Waals surface area contributed by atoms with Crippen molar-refractivity contribution in [1.82, 2.24) is 5.32 Å². The topological polar surface area (TPSA) is 21.3 Å². The van der Waals surface area contributed by atoms with Gasteiger partial charge in [-0.25, -0.2) is 0 Å². The molecule has 1 atom stereocenters. The van der Waals surface area contributed by atoms with Crippen molar-refractivity contribution >= 4 is 15.9 Å². The Balaban J connectivity index is 1.55. The summed E-state index contributed by atoms with van der Waals surface area (Å²) in [5, 5.41) is 3.51. The van der Waals surface area contributed by atoms with Crippen LogP contribution in [0.15, 0.2) is 28.7 Å². The van der Waals surface area contributed by atoms with Gasteiger partial charge >= 0.3 is 0 Å². The second-order valence-corrected chi connectivity index (χ2v) is 5.53. The molecule has 1 saturated heterocycles. The highest BCUT2D eigenvalue weighted by atomic mass is 79.9.